The van der Waals surface area contributed by atoms with Crippen LogP contribution < -0.4 is 10.4 Å². The molecule has 262 valence electrons. The van der Waals surface area contributed by atoms with Crippen molar-refractivity contribution in [2.45, 2.75) is 31.9 Å². The van der Waals surface area contributed by atoms with Crippen molar-refractivity contribution in [3.8, 4) is 22.3 Å². The van der Waals surface area contributed by atoms with Crippen molar-refractivity contribution in [1.82, 2.24) is 0 Å². The van der Waals surface area contributed by atoms with Gasteiger partial charge in [0.2, 0.25) is 0 Å². The average molecular weight is 719 g/mol. The summed E-state index contributed by atoms with van der Waals surface area (Å²) in [6.45, 7) is 5.10. The van der Waals surface area contributed by atoms with E-state index in [2.05, 4.69) is 195 Å². The molecule has 0 N–H and O–H groups in total. The van der Waals surface area contributed by atoms with Crippen molar-refractivity contribution >= 4 is 61.9 Å². The van der Waals surface area contributed by atoms with Crippen molar-refractivity contribution in [2.24, 2.45) is 5.92 Å². The highest BCUT2D eigenvalue weighted by molar-refractivity contribution is 7.04. The highest BCUT2D eigenvalue weighted by Gasteiger charge is 2.38. The second kappa shape index (κ2) is 12.5. The van der Waals surface area contributed by atoms with E-state index in [-0.39, 0.29) is 0 Å². The molecule has 1 aliphatic heterocycles. The predicted octanol–water partition coefficient (Wildman–Crippen LogP) is 13.2. The van der Waals surface area contributed by atoms with E-state index in [4.69, 9.17) is 0 Å². The first-order valence-corrected chi connectivity index (χ1v) is 22.9. The molecule has 0 bridgehead atoms. The average Bonchev–Trinajstić information content (AvgIpc) is 3.46. The normalized spacial score (nSPS) is 19.2. The molecule has 2 atom stereocenters. The number of allylic oxidation sites excluding steroid dienone is 12. The number of benzene rings is 7. The van der Waals surface area contributed by atoms with Gasteiger partial charge in [-0.2, -0.15) is 0 Å². The summed E-state index contributed by atoms with van der Waals surface area (Å²) in [5, 5.41) is 11.1. The van der Waals surface area contributed by atoms with Crippen molar-refractivity contribution in [3.05, 3.63) is 204 Å². The van der Waals surface area contributed by atoms with Gasteiger partial charge >= 0.3 is 0 Å². The Morgan fingerprint density at radius 2 is 1.24 bits per heavy atom. The molecule has 4 aliphatic rings. The standard InChI is InChI=1S/C54H42Si/c1-55(2)51-22-11-10-21-45(51)47-33-49-50(34-52(47)55)54(44-26-24-37-16-7-9-18-39(37)31-44)48-32-42(41-20-12-19-40(29-41)35-13-4-3-5-14-35)27-28-46(48)53(49)43-25-23-36-15-6-8-17-38(36)30-43/h3-28,30,32-34,39,41H,29,31H2,1-2H3/t39-,41?/m1/s1. The van der Waals surface area contributed by atoms with E-state index >= 15 is 0 Å². The Kier molecular flexibility index (Phi) is 7.38. The fourth-order valence-electron chi connectivity index (χ4n) is 10.1. The maximum absolute atomic E-state index is 2.65. The van der Waals surface area contributed by atoms with Gasteiger partial charge in [0.15, 0.2) is 0 Å². The van der Waals surface area contributed by atoms with E-state index < -0.39 is 8.07 Å². The molecule has 11 rings (SSSR count). The maximum Gasteiger partial charge on any atom is 0.113 e. The molecular formula is C54H42Si. The highest BCUT2D eigenvalue weighted by Crippen LogP contribution is 2.48. The van der Waals surface area contributed by atoms with Crippen LogP contribution in [0.2, 0.25) is 13.1 Å². The molecule has 55 heavy (non-hydrogen) atoms. The van der Waals surface area contributed by atoms with E-state index in [1.54, 1.807) is 10.4 Å². The molecule has 3 aliphatic carbocycles. The first-order valence-electron chi connectivity index (χ1n) is 19.9. The zero-order valence-corrected chi connectivity index (χ0v) is 32.4. The number of hydrogen-bond acceptors (Lipinski definition) is 0. The van der Waals surface area contributed by atoms with Crippen LogP contribution in [0.1, 0.15) is 35.4 Å². The molecule has 0 radical (unpaired) electrons. The van der Waals surface area contributed by atoms with Crippen molar-refractivity contribution in [2.75, 3.05) is 0 Å². The number of hydrogen-bond donors (Lipinski definition) is 0. The lowest BCUT2D eigenvalue weighted by atomic mass is 9.77. The third-order valence-corrected chi connectivity index (χ3v) is 16.5. The molecule has 0 saturated carbocycles. The summed E-state index contributed by atoms with van der Waals surface area (Å²) in [6, 6.07) is 48.7. The Morgan fingerprint density at radius 1 is 0.473 bits per heavy atom. The fraction of sp³-hybridized carbons (Fsp3) is 0.111. The lowest BCUT2D eigenvalue weighted by Crippen LogP contribution is -2.49. The summed E-state index contributed by atoms with van der Waals surface area (Å²) in [7, 11) is -1.94. The molecule has 0 spiro atoms. The molecule has 0 aromatic heterocycles. The Balaban J connectivity index is 1.22. The van der Waals surface area contributed by atoms with Crippen molar-refractivity contribution in [1.29, 1.82) is 0 Å². The summed E-state index contributed by atoms with van der Waals surface area (Å²) in [6.07, 6.45) is 22.9. The largest absolute Gasteiger partial charge is 0.113 e. The molecule has 1 unspecified atom stereocenters. The summed E-state index contributed by atoms with van der Waals surface area (Å²) in [5.41, 5.74) is 13.8. The molecule has 1 heterocycles. The SMILES string of the molecule is C[Si]1(C)c2ccccc2-c2cc3c(-c4ccc5ccccc5c4)c4ccc(C5C=CC=C(c6ccccc6)C5)cc4c(C4=CC=C5C=CC=C[C@@H]5C4)c3cc21. The smallest absolute Gasteiger partial charge is 0.0767 e. The second-order valence-electron chi connectivity index (χ2n) is 16.4. The van der Waals surface area contributed by atoms with Gasteiger partial charge in [0, 0.05) is 11.8 Å². The Labute approximate surface area is 324 Å². The monoisotopic (exact) mass is 718 g/mol. The molecular weight excluding hydrogens is 677 g/mol. The zero-order valence-electron chi connectivity index (χ0n) is 31.4. The van der Waals surface area contributed by atoms with Crippen LogP contribution in [0.25, 0.3) is 65.7 Å². The summed E-state index contributed by atoms with van der Waals surface area (Å²) in [5.74, 6) is 0.694. The Bertz CT molecular complexity index is 2940. The van der Waals surface area contributed by atoms with Crippen molar-refractivity contribution in [3.63, 3.8) is 0 Å². The Hall–Kier alpha value is -6.02. The topological polar surface area (TPSA) is 0 Å². The van der Waals surface area contributed by atoms with Crippen LogP contribution in [0.5, 0.6) is 0 Å². The third-order valence-electron chi connectivity index (χ3n) is 12.9. The maximum atomic E-state index is 2.65. The molecule has 1 heteroatoms. The quantitative estimate of drug-likeness (QED) is 0.126. The van der Waals surface area contributed by atoms with Gasteiger partial charge in [-0.1, -0.05) is 177 Å². The van der Waals surface area contributed by atoms with Crippen LogP contribution in [-0.2, 0) is 0 Å². The van der Waals surface area contributed by atoms with Crippen LogP contribution >= 0.6 is 0 Å². The first kappa shape index (κ1) is 32.4. The van der Waals surface area contributed by atoms with E-state index in [0.717, 1.165) is 12.8 Å². The van der Waals surface area contributed by atoms with Crippen LogP contribution in [0, 0.1) is 5.92 Å². The van der Waals surface area contributed by atoms with Crippen LogP contribution in [0.15, 0.2) is 188 Å². The Morgan fingerprint density at radius 3 is 2.15 bits per heavy atom. The van der Waals surface area contributed by atoms with Gasteiger partial charge in [-0.25, -0.2) is 0 Å². The molecule has 0 saturated heterocycles. The van der Waals surface area contributed by atoms with Crippen molar-refractivity contribution < 1.29 is 0 Å². The first-order chi connectivity index (χ1) is 27.0. The van der Waals surface area contributed by atoms with Gasteiger partial charge in [-0.3, -0.25) is 0 Å². The zero-order chi connectivity index (χ0) is 36.7. The summed E-state index contributed by atoms with van der Waals surface area (Å²) < 4.78 is 0. The fourth-order valence-corrected chi connectivity index (χ4v) is 13.2. The minimum absolute atomic E-state index is 0.302. The minimum atomic E-state index is -1.94. The lowest BCUT2D eigenvalue weighted by molar-refractivity contribution is 0.794. The minimum Gasteiger partial charge on any atom is -0.0767 e. The molecule has 0 amide bonds. The van der Waals surface area contributed by atoms with E-state index in [0.29, 0.717) is 11.8 Å². The second-order valence-corrected chi connectivity index (χ2v) is 20.7. The molecule has 7 aromatic carbocycles. The molecule has 0 fully saturated rings. The van der Waals surface area contributed by atoms with Crippen LogP contribution in [0.4, 0.5) is 0 Å². The van der Waals surface area contributed by atoms with E-state index in [9.17, 15) is 0 Å². The van der Waals surface area contributed by atoms with Gasteiger partial charge < -0.3 is 0 Å². The number of rotatable bonds is 4. The van der Waals surface area contributed by atoms with Gasteiger partial charge in [0.05, 0.1) is 0 Å². The van der Waals surface area contributed by atoms with Gasteiger partial charge in [-0.15, -0.1) is 0 Å². The van der Waals surface area contributed by atoms with Crippen LogP contribution in [0.3, 0.4) is 0 Å². The van der Waals surface area contributed by atoms with E-state index in [1.807, 2.05) is 0 Å². The van der Waals surface area contributed by atoms with Gasteiger partial charge in [0.1, 0.15) is 8.07 Å². The highest BCUT2D eigenvalue weighted by atomic mass is 28.3. The number of fused-ring (bicyclic) bond motifs is 7. The summed E-state index contributed by atoms with van der Waals surface area (Å²) >= 11 is 0. The predicted molar refractivity (Wildman–Crippen MR) is 240 cm³/mol. The third kappa shape index (κ3) is 5.18. The summed E-state index contributed by atoms with van der Waals surface area (Å²) in [4.78, 5) is 0. The van der Waals surface area contributed by atoms with Gasteiger partial charge in [0.25, 0.3) is 0 Å². The van der Waals surface area contributed by atoms with Gasteiger partial charge in [-0.05, 0) is 129 Å². The van der Waals surface area contributed by atoms with E-state index in [1.165, 1.54) is 88.0 Å². The molecule has 0 nitrogen and oxygen atoms in total. The van der Waals surface area contributed by atoms with Crippen LogP contribution in [-0.4, -0.2) is 8.07 Å². The molecule has 7 aromatic rings. The lowest BCUT2D eigenvalue weighted by Gasteiger charge is -2.27.